The highest BCUT2D eigenvalue weighted by molar-refractivity contribution is 5.92. The first kappa shape index (κ1) is 13.9. The second-order valence-electron chi connectivity index (χ2n) is 6.32. The lowest BCUT2D eigenvalue weighted by atomic mass is 9.81. The lowest BCUT2D eigenvalue weighted by molar-refractivity contribution is -0.808. The SMILES string of the molecule is C[C@]1(N2CCOCC2)C[C@@]2(O)C(=[N+]1[O-])CCc1c2no[n+]1[O-]. The molecule has 3 heterocycles. The van der Waals surface area contributed by atoms with E-state index in [0.29, 0.717) is 55.5 Å². The molecular weight excluding hydrogens is 292 g/mol. The van der Waals surface area contributed by atoms with Crippen molar-refractivity contribution in [1.82, 2.24) is 10.1 Å². The molecule has 3 aliphatic rings. The first-order valence-electron chi connectivity index (χ1n) is 7.45. The van der Waals surface area contributed by atoms with Crippen LogP contribution in [-0.2, 0) is 16.8 Å². The van der Waals surface area contributed by atoms with E-state index >= 15 is 0 Å². The number of hydroxylamine groups is 1. The van der Waals surface area contributed by atoms with Crippen LogP contribution >= 0.6 is 0 Å². The average molecular weight is 310 g/mol. The molecule has 1 N–H and O–H groups in total. The molecule has 0 radical (unpaired) electrons. The summed E-state index contributed by atoms with van der Waals surface area (Å²) in [6, 6.07) is 0. The third-order valence-electron chi connectivity index (χ3n) is 5.13. The van der Waals surface area contributed by atoms with E-state index in [0.717, 1.165) is 4.74 Å². The zero-order valence-electron chi connectivity index (χ0n) is 12.3. The zero-order valence-corrected chi connectivity index (χ0v) is 12.3. The van der Waals surface area contributed by atoms with Crippen LogP contribution < -0.4 is 4.90 Å². The van der Waals surface area contributed by atoms with Gasteiger partial charge in [-0.2, -0.15) is 4.74 Å². The summed E-state index contributed by atoms with van der Waals surface area (Å²) < 4.78 is 10.9. The smallest absolute Gasteiger partial charge is 0.263 e. The maximum Gasteiger partial charge on any atom is 0.263 e. The third kappa shape index (κ3) is 1.61. The van der Waals surface area contributed by atoms with Crippen molar-refractivity contribution in [3.63, 3.8) is 0 Å². The van der Waals surface area contributed by atoms with Crippen molar-refractivity contribution < 1.29 is 24.1 Å². The molecule has 1 aromatic rings. The van der Waals surface area contributed by atoms with Crippen molar-refractivity contribution >= 4 is 5.71 Å². The molecule has 9 heteroatoms. The zero-order chi connectivity index (χ0) is 15.5. The van der Waals surface area contributed by atoms with Crippen molar-refractivity contribution in [2.24, 2.45) is 0 Å². The van der Waals surface area contributed by atoms with Gasteiger partial charge in [0.25, 0.3) is 5.69 Å². The summed E-state index contributed by atoms with van der Waals surface area (Å²) in [5, 5.41) is 39.3. The van der Waals surface area contributed by atoms with Gasteiger partial charge in [0, 0.05) is 38.0 Å². The van der Waals surface area contributed by atoms with Gasteiger partial charge in [-0.3, -0.25) is 4.63 Å². The molecule has 0 unspecified atom stereocenters. The molecule has 0 spiro atoms. The minimum absolute atomic E-state index is 0.165. The number of hydrogen-bond donors (Lipinski definition) is 1. The van der Waals surface area contributed by atoms with Crippen molar-refractivity contribution in [3.05, 3.63) is 21.8 Å². The Balaban J connectivity index is 1.78. The number of ether oxygens (including phenoxy) is 1. The fourth-order valence-electron chi connectivity index (χ4n) is 3.96. The standard InChI is InChI=1S/C13H18N4O5/c1-12(15-4-6-21-7-5-15)8-13(18)10(16(12)19)3-2-9-11(13)14-22-17(9)20/h18H,2-8H2,1H3/t12-,13-/m1/s1. The average Bonchev–Trinajstić information content (AvgIpc) is 2.99. The van der Waals surface area contributed by atoms with Gasteiger partial charge in [0.1, 0.15) is 0 Å². The Morgan fingerprint density at radius 2 is 2.00 bits per heavy atom. The van der Waals surface area contributed by atoms with E-state index in [4.69, 9.17) is 4.74 Å². The fourth-order valence-corrected chi connectivity index (χ4v) is 3.96. The van der Waals surface area contributed by atoms with Crippen LogP contribution in [0.2, 0.25) is 0 Å². The van der Waals surface area contributed by atoms with Gasteiger partial charge in [0.05, 0.1) is 19.6 Å². The van der Waals surface area contributed by atoms with Gasteiger partial charge in [-0.15, -0.1) is 0 Å². The molecule has 1 saturated heterocycles. The first-order chi connectivity index (χ1) is 10.5. The molecule has 2 atom stereocenters. The van der Waals surface area contributed by atoms with E-state index in [1.54, 1.807) is 0 Å². The monoisotopic (exact) mass is 310 g/mol. The summed E-state index contributed by atoms with van der Waals surface area (Å²) >= 11 is 0. The van der Waals surface area contributed by atoms with Crippen LogP contribution in [0.15, 0.2) is 4.63 Å². The van der Waals surface area contributed by atoms with Gasteiger partial charge in [0.2, 0.25) is 22.7 Å². The number of rotatable bonds is 1. The lowest BCUT2D eigenvalue weighted by Crippen LogP contribution is -2.55. The minimum Gasteiger partial charge on any atom is -0.622 e. The number of morpholine rings is 1. The van der Waals surface area contributed by atoms with Gasteiger partial charge in [-0.05, 0) is 4.90 Å². The van der Waals surface area contributed by atoms with E-state index in [-0.39, 0.29) is 12.1 Å². The summed E-state index contributed by atoms with van der Waals surface area (Å²) in [5.41, 5.74) is -1.54. The van der Waals surface area contributed by atoms with E-state index in [1.165, 1.54) is 0 Å². The molecule has 0 saturated carbocycles. The van der Waals surface area contributed by atoms with Crippen LogP contribution in [-0.4, -0.2) is 57.6 Å². The normalized spacial score (nSPS) is 35.5. The van der Waals surface area contributed by atoms with E-state index in [1.807, 2.05) is 11.8 Å². The molecule has 0 aromatic carbocycles. The van der Waals surface area contributed by atoms with Crippen LogP contribution in [0, 0.1) is 10.4 Å². The molecule has 2 aliphatic heterocycles. The highest BCUT2D eigenvalue weighted by atomic mass is 16.8. The van der Waals surface area contributed by atoms with Gasteiger partial charge in [-0.25, -0.2) is 4.90 Å². The van der Waals surface area contributed by atoms with Crippen molar-refractivity contribution in [3.8, 4) is 0 Å². The predicted molar refractivity (Wildman–Crippen MR) is 71.7 cm³/mol. The van der Waals surface area contributed by atoms with Crippen molar-refractivity contribution in [2.45, 2.75) is 37.5 Å². The van der Waals surface area contributed by atoms with Crippen LogP contribution in [0.1, 0.15) is 31.2 Å². The Labute approximate surface area is 126 Å². The number of nitrogens with zero attached hydrogens (tertiary/aromatic N) is 4. The Bertz CT molecular complexity index is 653. The molecular formula is C13H18N4O5. The van der Waals surface area contributed by atoms with Crippen LogP contribution in [0.5, 0.6) is 0 Å². The molecule has 22 heavy (non-hydrogen) atoms. The Morgan fingerprint density at radius 3 is 2.73 bits per heavy atom. The molecule has 120 valence electrons. The largest absolute Gasteiger partial charge is 0.622 e. The molecule has 0 bridgehead atoms. The number of fused-ring (bicyclic) bond motifs is 3. The van der Waals surface area contributed by atoms with Gasteiger partial charge >= 0.3 is 0 Å². The van der Waals surface area contributed by atoms with E-state index in [2.05, 4.69) is 9.79 Å². The summed E-state index contributed by atoms with van der Waals surface area (Å²) in [5.74, 6) is 0. The van der Waals surface area contributed by atoms with Crippen LogP contribution in [0.4, 0.5) is 0 Å². The van der Waals surface area contributed by atoms with Crippen molar-refractivity contribution in [1.29, 1.82) is 0 Å². The fraction of sp³-hybridized carbons (Fsp3) is 0.769. The van der Waals surface area contributed by atoms with Crippen LogP contribution in [0.3, 0.4) is 0 Å². The Kier molecular flexibility index (Phi) is 2.78. The minimum atomic E-state index is -1.53. The highest BCUT2D eigenvalue weighted by Crippen LogP contribution is 2.45. The second kappa shape index (κ2) is 4.40. The summed E-state index contributed by atoms with van der Waals surface area (Å²) in [6.45, 7) is 4.21. The quantitative estimate of drug-likeness (QED) is 0.514. The summed E-state index contributed by atoms with van der Waals surface area (Å²) in [6.07, 6.45) is 0.840. The number of aromatic nitrogens is 2. The molecule has 4 rings (SSSR count). The molecule has 0 amide bonds. The predicted octanol–water partition coefficient (Wildman–Crippen LogP) is -1.15. The Morgan fingerprint density at radius 1 is 1.27 bits per heavy atom. The second-order valence-corrected chi connectivity index (χ2v) is 6.32. The molecule has 9 nitrogen and oxygen atoms in total. The van der Waals surface area contributed by atoms with E-state index < -0.39 is 11.3 Å². The molecule has 1 aliphatic carbocycles. The van der Waals surface area contributed by atoms with E-state index in [9.17, 15) is 15.5 Å². The highest BCUT2D eigenvalue weighted by Gasteiger charge is 2.65. The first-order valence-corrected chi connectivity index (χ1v) is 7.45. The maximum absolute atomic E-state index is 12.9. The van der Waals surface area contributed by atoms with Gasteiger partial charge in [0.15, 0.2) is 0 Å². The summed E-state index contributed by atoms with van der Waals surface area (Å²) in [4.78, 5) is 2.35. The Hall–Kier alpha value is -1.71. The lowest BCUT2D eigenvalue weighted by Gasteiger charge is -2.38. The van der Waals surface area contributed by atoms with Crippen molar-refractivity contribution in [2.75, 3.05) is 26.3 Å². The number of hydrogen-bond acceptors (Lipinski definition) is 7. The van der Waals surface area contributed by atoms with Gasteiger partial charge < -0.3 is 20.3 Å². The number of aliphatic hydroxyl groups is 1. The summed E-state index contributed by atoms with van der Waals surface area (Å²) in [7, 11) is 0. The molecule has 1 aromatic heterocycles. The molecule has 1 fully saturated rings. The maximum atomic E-state index is 12.9. The third-order valence-corrected chi connectivity index (χ3v) is 5.13. The van der Waals surface area contributed by atoms with Gasteiger partial charge in [-0.1, -0.05) is 0 Å². The topological polar surface area (TPSA) is 112 Å². The van der Waals surface area contributed by atoms with Crippen LogP contribution in [0.25, 0.3) is 0 Å².